The molecule has 5 rings (SSSR count). The van der Waals surface area contributed by atoms with E-state index in [1.165, 1.54) is 0 Å². The minimum absolute atomic E-state index is 0.274. The molecule has 3 aromatic heterocycles. The fraction of sp³-hybridized carbons (Fsp3) is 0.208. The maximum absolute atomic E-state index is 12.2. The normalized spacial score (nSPS) is 11.6. The largest absolute Gasteiger partial charge is 0.424 e. The van der Waals surface area contributed by atoms with Crippen LogP contribution in [0.1, 0.15) is 31.7 Å². The highest BCUT2D eigenvalue weighted by Gasteiger charge is 2.22. The Morgan fingerprint density at radius 1 is 1.10 bits per heavy atom. The van der Waals surface area contributed by atoms with Crippen molar-refractivity contribution < 1.29 is 9.53 Å². The Kier molecular flexibility index (Phi) is 4.67. The molecule has 0 amide bonds. The molecule has 0 radical (unpaired) electrons. The van der Waals surface area contributed by atoms with Crippen molar-refractivity contribution in [1.82, 2.24) is 18.9 Å². The van der Waals surface area contributed by atoms with Crippen LogP contribution in [-0.2, 0) is 11.2 Å². The van der Waals surface area contributed by atoms with Crippen molar-refractivity contribution >= 4 is 45.3 Å². The highest BCUT2D eigenvalue weighted by atomic mass is 35.5. The molecule has 0 unspecified atom stereocenters. The average molecular weight is 433 g/mol. The van der Waals surface area contributed by atoms with E-state index < -0.39 is 0 Å². The topological polar surface area (TPSA) is 61.4 Å². The third kappa shape index (κ3) is 3.06. The van der Waals surface area contributed by atoms with Crippen molar-refractivity contribution in [2.45, 2.75) is 33.6 Å². The van der Waals surface area contributed by atoms with Crippen LogP contribution in [0.15, 0.2) is 48.7 Å². The fourth-order valence-corrected chi connectivity index (χ4v) is 4.03. The number of aromatic nitrogens is 4. The number of para-hydroxylation sites is 2. The molecule has 0 bridgehead atoms. The molecule has 156 valence electrons. The average Bonchev–Trinajstić information content (AvgIpc) is 3.33. The molecule has 0 spiro atoms. The Hall–Kier alpha value is -3.38. The van der Waals surface area contributed by atoms with Crippen molar-refractivity contribution in [2.24, 2.45) is 0 Å². The molecular weight excluding hydrogens is 412 g/mol. The summed E-state index contributed by atoms with van der Waals surface area (Å²) in [6, 6.07) is 13.8. The van der Waals surface area contributed by atoms with Gasteiger partial charge in [-0.15, -0.1) is 0 Å². The van der Waals surface area contributed by atoms with Gasteiger partial charge in [-0.1, -0.05) is 43.6 Å². The number of aryl methyl sites for hydroxylation is 2. The summed E-state index contributed by atoms with van der Waals surface area (Å²) in [5.74, 6) is 1.01. The first kappa shape index (κ1) is 19.6. The highest BCUT2D eigenvalue weighted by Crippen LogP contribution is 2.36. The summed E-state index contributed by atoms with van der Waals surface area (Å²) in [6.45, 7) is 5.80. The Balaban J connectivity index is 1.92. The molecule has 0 saturated heterocycles. The molecule has 2 aromatic carbocycles. The molecule has 0 atom stereocenters. The SMILES string of the molecule is CCC(=O)Oc1cn(-c2ccc(C)c(Cl)c2)c2nc(CC)n3c4ccccc4nc3c12. The van der Waals surface area contributed by atoms with Gasteiger partial charge in [0.25, 0.3) is 0 Å². The van der Waals surface area contributed by atoms with E-state index in [0.29, 0.717) is 21.8 Å². The summed E-state index contributed by atoms with van der Waals surface area (Å²) in [6.07, 6.45) is 2.79. The molecular formula is C24H21ClN4O2. The number of hydrogen-bond acceptors (Lipinski definition) is 4. The summed E-state index contributed by atoms with van der Waals surface area (Å²) in [4.78, 5) is 22.1. The first-order valence-electron chi connectivity index (χ1n) is 10.3. The summed E-state index contributed by atoms with van der Waals surface area (Å²) >= 11 is 6.40. The molecule has 0 fully saturated rings. The van der Waals surface area contributed by atoms with Crippen molar-refractivity contribution in [3.8, 4) is 11.4 Å². The van der Waals surface area contributed by atoms with Gasteiger partial charge in [-0.2, -0.15) is 0 Å². The second-order valence-electron chi connectivity index (χ2n) is 7.46. The number of rotatable bonds is 4. The molecule has 5 aromatic rings. The zero-order chi connectivity index (χ0) is 21.7. The molecule has 7 heteroatoms. The maximum atomic E-state index is 12.2. The van der Waals surface area contributed by atoms with Crippen LogP contribution in [0, 0.1) is 6.92 Å². The highest BCUT2D eigenvalue weighted by molar-refractivity contribution is 6.31. The first-order valence-corrected chi connectivity index (χ1v) is 10.7. The van der Waals surface area contributed by atoms with Crippen LogP contribution in [0.5, 0.6) is 5.75 Å². The summed E-state index contributed by atoms with van der Waals surface area (Å²) in [5.41, 5.74) is 5.07. The lowest BCUT2D eigenvalue weighted by molar-refractivity contribution is -0.133. The van der Waals surface area contributed by atoms with E-state index in [-0.39, 0.29) is 12.4 Å². The van der Waals surface area contributed by atoms with E-state index in [1.807, 2.05) is 58.4 Å². The van der Waals surface area contributed by atoms with Crippen molar-refractivity contribution in [2.75, 3.05) is 0 Å². The Bertz CT molecular complexity index is 1480. The third-order valence-electron chi connectivity index (χ3n) is 5.48. The summed E-state index contributed by atoms with van der Waals surface area (Å²) in [7, 11) is 0. The summed E-state index contributed by atoms with van der Waals surface area (Å²) in [5, 5.41) is 1.36. The van der Waals surface area contributed by atoms with Crippen LogP contribution in [0.4, 0.5) is 0 Å². The monoisotopic (exact) mass is 432 g/mol. The summed E-state index contributed by atoms with van der Waals surface area (Å²) < 4.78 is 9.69. The lowest BCUT2D eigenvalue weighted by Gasteiger charge is -2.09. The van der Waals surface area contributed by atoms with Gasteiger partial charge in [-0.25, -0.2) is 9.97 Å². The number of halogens is 1. The van der Waals surface area contributed by atoms with Crippen LogP contribution in [0.2, 0.25) is 5.02 Å². The number of ether oxygens (including phenoxy) is 1. The van der Waals surface area contributed by atoms with Gasteiger partial charge in [0.1, 0.15) is 11.2 Å². The van der Waals surface area contributed by atoms with E-state index in [1.54, 1.807) is 13.1 Å². The predicted octanol–water partition coefficient (Wildman–Crippen LogP) is 5.67. The van der Waals surface area contributed by atoms with E-state index >= 15 is 0 Å². The van der Waals surface area contributed by atoms with Crippen LogP contribution in [0.3, 0.4) is 0 Å². The van der Waals surface area contributed by atoms with Gasteiger partial charge in [0.15, 0.2) is 17.0 Å². The third-order valence-corrected chi connectivity index (χ3v) is 5.89. The maximum Gasteiger partial charge on any atom is 0.310 e. The number of imidazole rings is 1. The zero-order valence-electron chi connectivity index (χ0n) is 17.5. The number of fused-ring (bicyclic) bond motifs is 5. The fourth-order valence-electron chi connectivity index (χ4n) is 3.86. The number of carbonyl (C=O) groups excluding carboxylic acids is 1. The van der Waals surface area contributed by atoms with Gasteiger partial charge in [0.05, 0.1) is 17.2 Å². The molecule has 0 aliphatic heterocycles. The molecule has 6 nitrogen and oxygen atoms in total. The standard InChI is InChI=1S/C24H21ClN4O2/c1-4-20-27-23-22(24-26-17-8-6-7-9-18(17)29(20)24)19(31-21(30)5-2)13-28(23)15-11-10-14(3)16(25)12-15/h6-13H,4-5H2,1-3H3. The quantitative estimate of drug-likeness (QED) is 0.343. The van der Waals surface area contributed by atoms with E-state index in [0.717, 1.165) is 40.2 Å². The van der Waals surface area contributed by atoms with Crippen LogP contribution in [-0.4, -0.2) is 24.9 Å². The van der Waals surface area contributed by atoms with E-state index in [2.05, 4.69) is 6.92 Å². The van der Waals surface area contributed by atoms with Gasteiger partial charge in [0, 0.05) is 23.6 Å². The van der Waals surface area contributed by atoms with E-state index in [4.69, 9.17) is 26.3 Å². The lowest BCUT2D eigenvalue weighted by atomic mass is 10.2. The first-order chi connectivity index (χ1) is 15.0. The minimum Gasteiger partial charge on any atom is -0.424 e. The second kappa shape index (κ2) is 7.39. The second-order valence-corrected chi connectivity index (χ2v) is 7.87. The molecule has 0 aliphatic carbocycles. The predicted molar refractivity (Wildman–Crippen MR) is 122 cm³/mol. The molecule has 0 saturated carbocycles. The zero-order valence-corrected chi connectivity index (χ0v) is 18.3. The molecule has 31 heavy (non-hydrogen) atoms. The number of benzene rings is 2. The van der Waals surface area contributed by atoms with Crippen molar-refractivity contribution in [3.63, 3.8) is 0 Å². The van der Waals surface area contributed by atoms with Gasteiger partial charge in [-0.05, 0) is 36.8 Å². The number of carbonyl (C=O) groups is 1. The molecule has 0 aliphatic rings. The van der Waals surface area contributed by atoms with Crippen LogP contribution < -0.4 is 4.74 Å². The van der Waals surface area contributed by atoms with Gasteiger partial charge in [0.2, 0.25) is 0 Å². The Morgan fingerprint density at radius 2 is 1.90 bits per heavy atom. The number of hydrogen-bond donors (Lipinski definition) is 0. The lowest BCUT2D eigenvalue weighted by Crippen LogP contribution is -2.06. The van der Waals surface area contributed by atoms with Crippen molar-refractivity contribution in [1.29, 1.82) is 0 Å². The van der Waals surface area contributed by atoms with E-state index in [9.17, 15) is 4.79 Å². The number of nitrogens with zero attached hydrogens (tertiary/aromatic N) is 4. The Labute approximate surface area is 184 Å². The van der Waals surface area contributed by atoms with Gasteiger partial charge >= 0.3 is 5.97 Å². The molecule has 0 N–H and O–H groups in total. The smallest absolute Gasteiger partial charge is 0.310 e. The van der Waals surface area contributed by atoms with Crippen molar-refractivity contribution in [3.05, 3.63) is 65.1 Å². The van der Waals surface area contributed by atoms with Crippen LogP contribution >= 0.6 is 11.6 Å². The van der Waals surface area contributed by atoms with Gasteiger partial charge in [-0.3, -0.25) is 13.8 Å². The minimum atomic E-state index is -0.310. The molecule has 3 heterocycles. The van der Waals surface area contributed by atoms with Crippen LogP contribution in [0.25, 0.3) is 33.4 Å². The van der Waals surface area contributed by atoms with Gasteiger partial charge < -0.3 is 4.74 Å². The number of esters is 1. The Morgan fingerprint density at radius 3 is 2.65 bits per heavy atom.